The van der Waals surface area contributed by atoms with Crippen LogP contribution in [0.5, 0.6) is 0 Å². The molecule has 0 radical (unpaired) electrons. The molecule has 0 aliphatic carbocycles. The summed E-state index contributed by atoms with van der Waals surface area (Å²) in [4.78, 5) is 13.6. The maximum absolute atomic E-state index is 11.9. The Kier molecular flexibility index (Phi) is 3.08. The van der Waals surface area contributed by atoms with Gasteiger partial charge in [-0.2, -0.15) is 0 Å². The fourth-order valence-electron chi connectivity index (χ4n) is 2.51. The van der Waals surface area contributed by atoms with E-state index in [9.17, 15) is 4.79 Å². The molecular formula is C12H22N2O3. The first-order valence-electron chi connectivity index (χ1n) is 6.20. The first-order chi connectivity index (χ1) is 7.82. The van der Waals surface area contributed by atoms with Gasteiger partial charge in [0.05, 0.1) is 12.6 Å². The molecule has 1 spiro atoms. The zero-order valence-corrected chi connectivity index (χ0v) is 10.9. The summed E-state index contributed by atoms with van der Waals surface area (Å²) in [7, 11) is 0. The van der Waals surface area contributed by atoms with Gasteiger partial charge in [-0.25, -0.2) is 4.79 Å². The van der Waals surface area contributed by atoms with E-state index in [2.05, 4.69) is 0 Å². The van der Waals surface area contributed by atoms with E-state index in [0.29, 0.717) is 13.1 Å². The molecule has 5 nitrogen and oxygen atoms in total. The number of nitrogens with two attached hydrogens (primary N) is 1. The molecule has 0 bridgehead atoms. The van der Waals surface area contributed by atoms with E-state index >= 15 is 0 Å². The molecule has 17 heavy (non-hydrogen) atoms. The maximum Gasteiger partial charge on any atom is 0.410 e. The van der Waals surface area contributed by atoms with Crippen molar-refractivity contribution in [3.63, 3.8) is 0 Å². The van der Waals surface area contributed by atoms with Crippen LogP contribution in [-0.2, 0) is 9.47 Å². The van der Waals surface area contributed by atoms with Crippen LogP contribution in [-0.4, -0.2) is 47.9 Å². The number of amides is 1. The Hall–Kier alpha value is -0.810. The van der Waals surface area contributed by atoms with Gasteiger partial charge in [-0.15, -0.1) is 0 Å². The second kappa shape index (κ2) is 4.14. The predicted octanol–water partition coefficient (Wildman–Crippen LogP) is 1.11. The highest BCUT2D eigenvalue weighted by Gasteiger charge is 2.50. The summed E-state index contributed by atoms with van der Waals surface area (Å²) in [6.45, 7) is 7.42. The van der Waals surface area contributed by atoms with E-state index in [-0.39, 0.29) is 17.7 Å². The Morgan fingerprint density at radius 3 is 2.76 bits per heavy atom. The summed E-state index contributed by atoms with van der Waals surface area (Å²) in [5, 5.41) is 0. The van der Waals surface area contributed by atoms with Crippen molar-refractivity contribution in [2.24, 2.45) is 5.73 Å². The Balaban J connectivity index is 1.99. The summed E-state index contributed by atoms with van der Waals surface area (Å²) in [5.41, 5.74) is 5.31. The van der Waals surface area contributed by atoms with Crippen molar-refractivity contribution >= 4 is 6.09 Å². The fourth-order valence-corrected chi connectivity index (χ4v) is 2.51. The van der Waals surface area contributed by atoms with Crippen LogP contribution in [0.4, 0.5) is 4.79 Å². The highest BCUT2D eigenvalue weighted by molar-refractivity contribution is 5.69. The van der Waals surface area contributed by atoms with Crippen LogP contribution in [0.3, 0.4) is 0 Å². The number of nitrogens with zero attached hydrogens (tertiary/aromatic N) is 1. The number of hydrogen-bond donors (Lipinski definition) is 1. The summed E-state index contributed by atoms with van der Waals surface area (Å²) in [5.74, 6) is 0. The van der Waals surface area contributed by atoms with Gasteiger partial charge in [0, 0.05) is 13.2 Å². The molecule has 0 aromatic heterocycles. The SMILES string of the molecule is CC(C)(C)OC(=O)N1C[C@H](N)[C@]2(CCCO2)C1. The molecule has 0 aromatic carbocycles. The second-order valence-electron chi connectivity index (χ2n) is 5.98. The van der Waals surface area contributed by atoms with Crippen molar-refractivity contribution in [1.29, 1.82) is 0 Å². The molecule has 2 aliphatic rings. The molecule has 2 fully saturated rings. The first kappa shape index (κ1) is 12.6. The minimum absolute atomic E-state index is 0.0995. The Morgan fingerprint density at radius 1 is 1.53 bits per heavy atom. The molecule has 2 heterocycles. The highest BCUT2D eigenvalue weighted by atomic mass is 16.6. The van der Waals surface area contributed by atoms with Crippen molar-refractivity contribution < 1.29 is 14.3 Å². The van der Waals surface area contributed by atoms with Crippen LogP contribution in [0.25, 0.3) is 0 Å². The van der Waals surface area contributed by atoms with Crippen molar-refractivity contribution in [3.8, 4) is 0 Å². The number of rotatable bonds is 0. The van der Waals surface area contributed by atoms with Crippen LogP contribution in [0.1, 0.15) is 33.6 Å². The number of ether oxygens (including phenoxy) is 2. The smallest absolute Gasteiger partial charge is 0.410 e. The summed E-state index contributed by atoms with van der Waals surface area (Å²) in [6.07, 6.45) is 1.67. The third kappa shape index (κ3) is 2.55. The van der Waals surface area contributed by atoms with Crippen molar-refractivity contribution in [1.82, 2.24) is 4.90 Å². The third-order valence-corrected chi connectivity index (χ3v) is 3.34. The normalized spacial score (nSPS) is 33.4. The second-order valence-corrected chi connectivity index (χ2v) is 5.98. The Morgan fingerprint density at radius 2 is 2.24 bits per heavy atom. The van der Waals surface area contributed by atoms with Crippen LogP contribution < -0.4 is 5.73 Å². The van der Waals surface area contributed by atoms with Gasteiger partial charge in [-0.3, -0.25) is 0 Å². The van der Waals surface area contributed by atoms with Crippen molar-refractivity contribution in [3.05, 3.63) is 0 Å². The average Bonchev–Trinajstić information content (AvgIpc) is 2.74. The average molecular weight is 242 g/mol. The quantitative estimate of drug-likeness (QED) is 0.691. The number of carbonyl (C=O) groups is 1. The van der Waals surface area contributed by atoms with E-state index in [1.807, 2.05) is 20.8 Å². The van der Waals surface area contributed by atoms with Gasteiger partial charge >= 0.3 is 6.09 Å². The lowest BCUT2D eigenvalue weighted by Crippen LogP contribution is -2.46. The van der Waals surface area contributed by atoms with Crippen molar-refractivity contribution in [2.75, 3.05) is 19.7 Å². The van der Waals surface area contributed by atoms with E-state index < -0.39 is 5.60 Å². The number of carbonyl (C=O) groups excluding carboxylic acids is 1. The summed E-state index contributed by atoms with van der Waals surface area (Å²) < 4.78 is 11.1. The van der Waals surface area contributed by atoms with Gasteiger partial charge in [-0.05, 0) is 33.6 Å². The molecule has 2 aliphatic heterocycles. The standard InChI is InChI=1S/C12H22N2O3/c1-11(2,3)17-10(15)14-7-9(13)12(8-14)5-4-6-16-12/h9H,4-8,13H2,1-3H3/t9-,12-/m0/s1. The lowest BCUT2D eigenvalue weighted by Gasteiger charge is -2.27. The van der Waals surface area contributed by atoms with E-state index in [1.165, 1.54) is 0 Å². The number of likely N-dealkylation sites (tertiary alicyclic amines) is 1. The predicted molar refractivity (Wildman–Crippen MR) is 63.7 cm³/mol. The lowest BCUT2D eigenvalue weighted by molar-refractivity contribution is -0.00527. The van der Waals surface area contributed by atoms with Crippen LogP contribution in [0.15, 0.2) is 0 Å². The highest BCUT2D eigenvalue weighted by Crippen LogP contribution is 2.34. The molecule has 2 N–H and O–H groups in total. The molecule has 5 heteroatoms. The van der Waals surface area contributed by atoms with Crippen LogP contribution in [0.2, 0.25) is 0 Å². The zero-order chi connectivity index (χ0) is 12.7. The van der Waals surface area contributed by atoms with E-state index in [1.54, 1.807) is 4.90 Å². The van der Waals surface area contributed by atoms with E-state index in [4.69, 9.17) is 15.2 Å². The van der Waals surface area contributed by atoms with Crippen LogP contribution in [0, 0.1) is 0 Å². The topological polar surface area (TPSA) is 64.8 Å². The van der Waals surface area contributed by atoms with Gasteiger partial charge in [0.1, 0.15) is 11.2 Å². The van der Waals surface area contributed by atoms with Gasteiger partial charge in [0.2, 0.25) is 0 Å². The van der Waals surface area contributed by atoms with Gasteiger partial charge in [0.15, 0.2) is 0 Å². The monoisotopic (exact) mass is 242 g/mol. The van der Waals surface area contributed by atoms with Crippen molar-refractivity contribution in [2.45, 2.75) is 50.9 Å². The molecule has 0 aromatic rings. The molecule has 0 unspecified atom stereocenters. The molecule has 2 atom stereocenters. The maximum atomic E-state index is 11.9. The van der Waals surface area contributed by atoms with Gasteiger partial charge < -0.3 is 20.1 Å². The molecule has 2 saturated heterocycles. The molecule has 1 amide bonds. The first-order valence-corrected chi connectivity index (χ1v) is 6.20. The van der Waals surface area contributed by atoms with Crippen LogP contribution >= 0.6 is 0 Å². The molecule has 0 saturated carbocycles. The summed E-state index contributed by atoms with van der Waals surface area (Å²) in [6, 6.07) is -0.0995. The van der Waals surface area contributed by atoms with Gasteiger partial charge in [0.25, 0.3) is 0 Å². The van der Waals surface area contributed by atoms with Gasteiger partial charge in [-0.1, -0.05) is 0 Å². The fraction of sp³-hybridized carbons (Fsp3) is 0.917. The Labute approximate surface area is 102 Å². The number of hydrogen-bond acceptors (Lipinski definition) is 4. The largest absolute Gasteiger partial charge is 0.444 e. The molecule has 2 rings (SSSR count). The zero-order valence-electron chi connectivity index (χ0n) is 10.9. The lowest BCUT2D eigenvalue weighted by atomic mass is 9.95. The minimum atomic E-state index is -0.465. The molecule has 98 valence electrons. The minimum Gasteiger partial charge on any atom is -0.444 e. The summed E-state index contributed by atoms with van der Waals surface area (Å²) >= 11 is 0. The van der Waals surface area contributed by atoms with E-state index in [0.717, 1.165) is 19.4 Å². The third-order valence-electron chi connectivity index (χ3n) is 3.34. The molecular weight excluding hydrogens is 220 g/mol. The Bertz CT molecular complexity index is 305.